The zero-order valence-corrected chi connectivity index (χ0v) is 10.1. The van der Waals surface area contributed by atoms with E-state index in [1.165, 1.54) is 0 Å². The van der Waals surface area contributed by atoms with Crippen molar-refractivity contribution in [2.45, 2.75) is 13.1 Å². The number of carboxylic acid groups (broad SMARTS) is 1. The molecule has 0 saturated heterocycles. The first-order chi connectivity index (χ1) is 8.66. The highest BCUT2D eigenvalue weighted by Gasteiger charge is 2.03. The van der Waals surface area contributed by atoms with Crippen molar-refractivity contribution in [2.75, 3.05) is 0 Å². The van der Waals surface area contributed by atoms with E-state index >= 15 is 0 Å². The van der Waals surface area contributed by atoms with E-state index in [0.29, 0.717) is 18.7 Å². The van der Waals surface area contributed by atoms with E-state index in [1.54, 1.807) is 24.4 Å². The minimum Gasteiger partial charge on any atom is -0.478 e. The number of nitrogens with one attached hydrogen (secondary N) is 1. The molecule has 0 saturated carbocycles. The highest BCUT2D eigenvalue weighted by molar-refractivity contribution is 5.87. The Labute approximate surface area is 105 Å². The summed E-state index contributed by atoms with van der Waals surface area (Å²) in [6.45, 7) is 1.27. The van der Waals surface area contributed by atoms with E-state index in [4.69, 9.17) is 5.11 Å². The van der Waals surface area contributed by atoms with Gasteiger partial charge < -0.3 is 15.0 Å². The van der Waals surface area contributed by atoms with Gasteiger partial charge >= 0.3 is 5.97 Å². The molecule has 0 fully saturated rings. The maximum Gasteiger partial charge on any atom is 0.335 e. The highest BCUT2D eigenvalue weighted by Crippen LogP contribution is 2.05. The van der Waals surface area contributed by atoms with Crippen LogP contribution in [0.25, 0.3) is 0 Å². The molecule has 1 aromatic heterocycles. The zero-order valence-electron chi connectivity index (χ0n) is 10.1. The molecule has 0 aliphatic carbocycles. The van der Waals surface area contributed by atoms with Crippen LogP contribution >= 0.6 is 0 Å². The maximum atomic E-state index is 10.8. The van der Waals surface area contributed by atoms with Crippen molar-refractivity contribution in [1.82, 2.24) is 14.9 Å². The fourth-order valence-electron chi connectivity index (χ4n) is 1.70. The lowest BCUT2D eigenvalue weighted by Crippen LogP contribution is -2.16. The minimum atomic E-state index is -0.902. The quantitative estimate of drug-likeness (QED) is 0.835. The average molecular weight is 245 g/mol. The lowest BCUT2D eigenvalue weighted by molar-refractivity contribution is 0.0696. The average Bonchev–Trinajstić information content (AvgIpc) is 2.76. The molecule has 2 rings (SSSR count). The topological polar surface area (TPSA) is 67.2 Å². The Balaban J connectivity index is 1.92. The van der Waals surface area contributed by atoms with E-state index in [2.05, 4.69) is 10.3 Å². The molecule has 2 aromatic rings. The molecule has 94 valence electrons. The van der Waals surface area contributed by atoms with Gasteiger partial charge in [0.25, 0.3) is 0 Å². The summed E-state index contributed by atoms with van der Waals surface area (Å²) < 4.78 is 1.95. The lowest BCUT2D eigenvalue weighted by atomic mass is 10.1. The van der Waals surface area contributed by atoms with Crippen molar-refractivity contribution >= 4 is 5.97 Å². The molecule has 0 amide bonds. The Morgan fingerprint density at radius 1 is 1.44 bits per heavy atom. The second-order valence-corrected chi connectivity index (χ2v) is 4.06. The van der Waals surface area contributed by atoms with Crippen molar-refractivity contribution in [3.05, 3.63) is 53.6 Å². The van der Waals surface area contributed by atoms with E-state index in [9.17, 15) is 4.79 Å². The standard InChI is InChI=1S/C13H15N3O2/c1-16-6-5-15-12(16)9-14-8-10-3-2-4-11(7-10)13(17)18/h2-7,14H,8-9H2,1H3,(H,17,18). The fourth-order valence-corrected chi connectivity index (χ4v) is 1.70. The van der Waals surface area contributed by atoms with Crippen LogP contribution in [0.1, 0.15) is 21.7 Å². The smallest absolute Gasteiger partial charge is 0.335 e. The molecule has 0 atom stereocenters. The van der Waals surface area contributed by atoms with Gasteiger partial charge in [0.05, 0.1) is 12.1 Å². The summed E-state index contributed by atoms with van der Waals surface area (Å²) in [5.41, 5.74) is 1.26. The van der Waals surface area contributed by atoms with Crippen molar-refractivity contribution in [3.63, 3.8) is 0 Å². The van der Waals surface area contributed by atoms with Crippen LogP contribution in [0, 0.1) is 0 Å². The zero-order chi connectivity index (χ0) is 13.0. The number of hydrogen-bond donors (Lipinski definition) is 2. The van der Waals surface area contributed by atoms with Crippen molar-refractivity contribution in [2.24, 2.45) is 7.05 Å². The van der Waals surface area contributed by atoms with Gasteiger partial charge in [0.2, 0.25) is 0 Å². The fraction of sp³-hybridized carbons (Fsp3) is 0.231. The van der Waals surface area contributed by atoms with Gasteiger partial charge in [-0.1, -0.05) is 12.1 Å². The number of rotatable bonds is 5. The molecule has 0 spiro atoms. The number of aromatic carboxylic acids is 1. The molecule has 2 N–H and O–H groups in total. The third-order valence-electron chi connectivity index (χ3n) is 2.71. The summed E-state index contributed by atoms with van der Waals surface area (Å²) in [6.07, 6.45) is 3.64. The Kier molecular flexibility index (Phi) is 3.74. The second kappa shape index (κ2) is 5.46. The van der Waals surface area contributed by atoms with Gasteiger partial charge in [0.1, 0.15) is 5.82 Å². The number of carbonyl (C=O) groups is 1. The Bertz CT molecular complexity index is 549. The monoisotopic (exact) mass is 245 g/mol. The van der Waals surface area contributed by atoms with Gasteiger partial charge in [-0.15, -0.1) is 0 Å². The van der Waals surface area contributed by atoms with Gasteiger partial charge in [-0.2, -0.15) is 0 Å². The van der Waals surface area contributed by atoms with Crippen LogP contribution in [0.5, 0.6) is 0 Å². The highest BCUT2D eigenvalue weighted by atomic mass is 16.4. The molecule has 0 bridgehead atoms. The number of aryl methyl sites for hydroxylation is 1. The molecule has 0 unspecified atom stereocenters. The van der Waals surface area contributed by atoms with Crippen LogP contribution in [0.3, 0.4) is 0 Å². The molecule has 1 aromatic carbocycles. The van der Waals surface area contributed by atoms with Gasteiger partial charge in [0, 0.05) is 26.0 Å². The first-order valence-electron chi connectivity index (χ1n) is 5.66. The summed E-state index contributed by atoms with van der Waals surface area (Å²) in [5, 5.41) is 12.1. The predicted octanol–water partition coefficient (Wildman–Crippen LogP) is 1.41. The first-order valence-corrected chi connectivity index (χ1v) is 5.66. The van der Waals surface area contributed by atoms with Crippen molar-refractivity contribution < 1.29 is 9.90 Å². The minimum absolute atomic E-state index is 0.311. The molecular weight excluding hydrogens is 230 g/mol. The van der Waals surface area contributed by atoms with E-state index in [-0.39, 0.29) is 0 Å². The van der Waals surface area contributed by atoms with Gasteiger partial charge in [-0.05, 0) is 17.7 Å². The van der Waals surface area contributed by atoms with Crippen LogP contribution in [-0.4, -0.2) is 20.6 Å². The van der Waals surface area contributed by atoms with Gasteiger partial charge in [-0.3, -0.25) is 0 Å². The molecule has 18 heavy (non-hydrogen) atoms. The predicted molar refractivity (Wildman–Crippen MR) is 67.2 cm³/mol. The van der Waals surface area contributed by atoms with Crippen molar-refractivity contribution in [3.8, 4) is 0 Å². The van der Waals surface area contributed by atoms with E-state index in [1.807, 2.05) is 23.9 Å². The SMILES string of the molecule is Cn1ccnc1CNCc1cccc(C(=O)O)c1. The molecule has 5 heteroatoms. The van der Waals surface area contributed by atoms with Crippen LogP contribution in [0.2, 0.25) is 0 Å². The number of carboxylic acids is 1. The van der Waals surface area contributed by atoms with E-state index in [0.717, 1.165) is 11.4 Å². The summed E-state index contributed by atoms with van der Waals surface area (Å²) in [6, 6.07) is 6.91. The summed E-state index contributed by atoms with van der Waals surface area (Å²) in [4.78, 5) is 15.0. The lowest BCUT2D eigenvalue weighted by Gasteiger charge is -2.06. The van der Waals surface area contributed by atoms with Crippen LogP contribution in [0.15, 0.2) is 36.7 Å². The largest absolute Gasteiger partial charge is 0.478 e. The van der Waals surface area contributed by atoms with Gasteiger partial charge in [0.15, 0.2) is 0 Å². The van der Waals surface area contributed by atoms with Crippen LogP contribution in [0.4, 0.5) is 0 Å². The first kappa shape index (κ1) is 12.3. The number of imidazole rings is 1. The normalized spacial score (nSPS) is 10.5. The van der Waals surface area contributed by atoms with Crippen LogP contribution in [-0.2, 0) is 20.1 Å². The third-order valence-corrected chi connectivity index (χ3v) is 2.71. The number of aromatic nitrogens is 2. The maximum absolute atomic E-state index is 10.8. The van der Waals surface area contributed by atoms with Crippen LogP contribution < -0.4 is 5.32 Å². The molecule has 5 nitrogen and oxygen atoms in total. The molecule has 1 heterocycles. The number of hydrogen-bond acceptors (Lipinski definition) is 3. The summed E-state index contributed by atoms with van der Waals surface area (Å²) >= 11 is 0. The third kappa shape index (κ3) is 2.95. The Morgan fingerprint density at radius 3 is 2.94 bits per heavy atom. The summed E-state index contributed by atoms with van der Waals surface area (Å²) in [7, 11) is 1.94. The van der Waals surface area contributed by atoms with Gasteiger partial charge in [-0.25, -0.2) is 9.78 Å². The molecular formula is C13H15N3O2. The summed E-state index contributed by atoms with van der Waals surface area (Å²) in [5.74, 6) is 0.0466. The number of nitrogens with zero attached hydrogens (tertiary/aromatic N) is 2. The van der Waals surface area contributed by atoms with Crippen molar-refractivity contribution in [1.29, 1.82) is 0 Å². The Morgan fingerprint density at radius 2 is 2.28 bits per heavy atom. The Hall–Kier alpha value is -2.14. The molecule has 0 aliphatic rings. The number of benzene rings is 1. The molecule has 0 aliphatic heterocycles. The molecule has 0 radical (unpaired) electrons. The van der Waals surface area contributed by atoms with E-state index < -0.39 is 5.97 Å². The second-order valence-electron chi connectivity index (χ2n) is 4.06.